The highest BCUT2D eigenvalue weighted by atomic mass is 16.4. The lowest BCUT2D eigenvalue weighted by Crippen LogP contribution is -2.46. The Morgan fingerprint density at radius 1 is 1.47 bits per heavy atom. The number of urea groups is 1. The Morgan fingerprint density at radius 2 is 2.24 bits per heavy atom. The highest BCUT2D eigenvalue weighted by Crippen LogP contribution is 2.37. The first-order chi connectivity index (χ1) is 8.11. The van der Waals surface area contributed by atoms with Gasteiger partial charge in [-0.3, -0.25) is 4.79 Å². The van der Waals surface area contributed by atoms with Gasteiger partial charge in [-0.15, -0.1) is 0 Å². The Balaban J connectivity index is 1.79. The fourth-order valence-corrected chi connectivity index (χ4v) is 2.89. The Kier molecular flexibility index (Phi) is 3.54. The number of fused-ring (bicyclic) bond motifs is 2. The number of carboxylic acid groups (broad SMARTS) is 1. The van der Waals surface area contributed by atoms with Crippen LogP contribution in [0.3, 0.4) is 0 Å². The number of carboxylic acids is 1. The van der Waals surface area contributed by atoms with Gasteiger partial charge in [0.2, 0.25) is 0 Å². The van der Waals surface area contributed by atoms with Gasteiger partial charge in [0, 0.05) is 19.1 Å². The number of carbonyl (C=O) groups is 2. The van der Waals surface area contributed by atoms with Crippen molar-refractivity contribution in [1.82, 2.24) is 10.2 Å². The molecule has 1 saturated heterocycles. The summed E-state index contributed by atoms with van der Waals surface area (Å²) in [6, 6.07) is 0.307. The van der Waals surface area contributed by atoms with Crippen LogP contribution in [0, 0.1) is 11.8 Å². The highest BCUT2D eigenvalue weighted by molar-refractivity contribution is 5.76. The van der Waals surface area contributed by atoms with Gasteiger partial charge >= 0.3 is 12.0 Å². The zero-order valence-electron chi connectivity index (χ0n) is 10.2. The molecule has 0 radical (unpaired) electrons. The normalized spacial score (nSPS) is 28.2. The molecule has 1 aliphatic heterocycles. The second-order valence-electron chi connectivity index (χ2n) is 5.11. The van der Waals surface area contributed by atoms with Crippen molar-refractivity contribution < 1.29 is 14.7 Å². The minimum atomic E-state index is -0.837. The summed E-state index contributed by atoms with van der Waals surface area (Å²) in [5.41, 5.74) is 0. The van der Waals surface area contributed by atoms with E-state index in [9.17, 15) is 9.59 Å². The molecule has 5 nitrogen and oxygen atoms in total. The zero-order chi connectivity index (χ0) is 12.4. The standard InChI is InChI=1S/C12H20N2O3/c1-2-9(11(15)16)6-13-12(17)14-7-8-3-4-10(14)5-8/h8-10H,2-7H2,1H3,(H,13,17)(H,15,16). The van der Waals surface area contributed by atoms with Gasteiger partial charge in [0.05, 0.1) is 5.92 Å². The number of likely N-dealkylation sites (tertiary alicyclic amines) is 1. The van der Waals surface area contributed by atoms with Crippen LogP contribution in [0.2, 0.25) is 0 Å². The Morgan fingerprint density at radius 3 is 2.71 bits per heavy atom. The van der Waals surface area contributed by atoms with Crippen molar-refractivity contribution in [2.75, 3.05) is 13.1 Å². The van der Waals surface area contributed by atoms with Crippen molar-refractivity contribution in [2.24, 2.45) is 11.8 Å². The van der Waals surface area contributed by atoms with Crippen LogP contribution in [0.15, 0.2) is 0 Å². The Labute approximate surface area is 101 Å². The van der Waals surface area contributed by atoms with E-state index in [0.717, 1.165) is 19.4 Å². The molecule has 2 aliphatic rings. The van der Waals surface area contributed by atoms with E-state index in [1.807, 2.05) is 11.8 Å². The molecular formula is C12H20N2O3. The molecule has 2 amide bonds. The molecule has 3 atom stereocenters. The topological polar surface area (TPSA) is 69.6 Å². The predicted octanol–water partition coefficient (Wildman–Crippen LogP) is 1.29. The highest BCUT2D eigenvalue weighted by Gasteiger charge is 2.40. The molecule has 1 heterocycles. The summed E-state index contributed by atoms with van der Waals surface area (Å²) in [6.45, 7) is 2.90. The molecule has 0 aromatic rings. The van der Waals surface area contributed by atoms with Crippen LogP contribution >= 0.6 is 0 Å². The second-order valence-corrected chi connectivity index (χ2v) is 5.11. The molecule has 5 heteroatoms. The summed E-state index contributed by atoms with van der Waals surface area (Å²) in [7, 11) is 0. The van der Waals surface area contributed by atoms with Crippen molar-refractivity contribution in [1.29, 1.82) is 0 Å². The number of amides is 2. The SMILES string of the molecule is CCC(CNC(=O)N1CC2CCC1C2)C(=O)O. The summed E-state index contributed by atoms with van der Waals surface area (Å²) >= 11 is 0. The molecule has 0 spiro atoms. The molecule has 2 bridgehead atoms. The van der Waals surface area contributed by atoms with Crippen LogP contribution in [0.25, 0.3) is 0 Å². The molecule has 1 aliphatic carbocycles. The summed E-state index contributed by atoms with van der Waals surface area (Å²) < 4.78 is 0. The number of piperidine rings is 1. The van der Waals surface area contributed by atoms with E-state index in [0.29, 0.717) is 18.4 Å². The van der Waals surface area contributed by atoms with Crippen molar-refractivity contribution in [3.63, 3.8) is 0 Å². The largest absolute Gasteiger partial charge is 0.481 e. The van der Waals surface area contributed by atoms with E-state index >= 15 is 0 Å². The van der Waals surface area contributed by atoms with Gasteiger partial charge in [-0.1, -0.05) is 6.92 Å². The van der Waals surface area contributed by atoms with Gasteiger partial charge in [0.15, 0.2) is 0 Å². The van der Waals surface area contributed by atoms with Crippen LogP contribution in [0.4, 0.5) is 4.79 Å². The third-order valence-electron chi connectivity index (χ3n) is 4.01. The molecule has 96 valence electrons. The van der Waals surface area contributed by atoms with E-state index in [1.165, 1.54) is 6.42 Å². The third kappa shape index (κ3) is 2.53. The van der Waals surface area contributed by atoms with Crippen molar-refractivity contribution in [3.05, 3.63) is 0 Å². The first-order valence-corrected chi connectivity index (χ1v) is 6.39. The molecule has 0 aromatic heterocycles. The van der Waals surface area contributed by atoms with E-state index in [2.05, 4.69) is 5.32 Å². The summed E-state index contributed by atoms with van der Waals surface area (Å²) in [6.07, 6.45) is 4.01. The third-order valence-corrected chi connectivity index (χ3v) is 4.01. The van der Waals surface area contributed by atoms with E-state index in [-0.39, 0.29) is 12.6 Å². The maximum Gasteiger partial charge on any atom is 0.317 e. The molecule has 2 rings (SSSR count). The number of aliphatic carboxylic acids is 1. The quantitative estimate of drug-likeness (QED) is 0.778. The Hall–Kier alpha value is -1.26. The smallest absolute Gasteiger partial charge is 0.317 e. The fraction of sp³-hybridized carbons (Fsp3) is 0.833. The summed E-state index contributed by atoms with van der Waals surface area (Å²) in [5.74, 6) is -0.637. The maximum atomic E-state index is 11.9. The lowest BCUT2D eigenvalue weighted by atomic mass is 10.1. The average Bonchev–Trinajstić information content (AvgIpc) is 2.90. The average molecular weight is 240 g/mol. The van der Waals surface area contributed by atoms with Crippen LogP contribution in [0.5, 0.6) is 0 Å². The number of nitrogens with one attached hydrogen (secondary N) is 1. The van der Waals surface area contributed by atoms with E-state index in [1.54, 1.807) is 0 Å². The van der Waals surface area contributed by atoms with Crippen molar-refractivity contribution in [3.8, 4) is 0 Å². The zero-order valence-corrected chi connectivity index (χ0v) is 10.2. The van der Waals surface area contributed by atoms with E-state index in [4.69, 9.17) is 5.11 Å². The molecule has 17 heavy (non-hydrogen) atoms. The van der Waals surface area contributed by atoms with Crippen LogP contribution < -0.4 is 5.32 Å². The maximum absolute atomic E-state index is 11.9. The monoisotopic (exact) mass is 240 g/mol. The van der Waals surface area contributed by atoms with Crippen LogP contribution in [0.1, 0.15) is 32.6 Å². The number of nitrogens with zero attached hydrogens (tertiary/aromatic N) is 1. The summed E-state index contributed by atoms with van der Waals surface area (Å²) in [5, 5.41) is 11.6. The lowest BCUT2D eigenvalue weighted by Gasteiger charge is -2.27. The number of hydrogen-bond acceptors (Lipinski definition) is 2. The van der Waals surface area contributed by atoms with Crippen LogP contribution in [-0.2, 0) is 4.79 Å². The summed E-state index contributed by atoms with van der Waals surface area (Å²) in [4.78, 5) is 24.6. The number of rotatable bonds is 4. The first kappa shape index (κ1) is 12.2. The second kappa shape index (κ2) is 4.94. The van der Waals surface area contributed by atoms with Gasteiger partial charge in [0.25, 0.3) is 0 Å². The van der Waals surface area contributed by atoms with E-state index < -0.39 is 11.9 Å². The van der Waals surface area contributed by atoms with Crippen molar-refractivity contribution >= 4 is 12.0 Å². The predicted molar refractivity (Wildman–Crippen MR) is 62.7 cm³/mol. The van der Waals surface area contributed by atoms with Crippen LogP contribution in [-0.4, -0.2) is 41.1 Å². The Bertz CT molecular complexity index is 319. The van der Waals surface area contributed by atoms with Crippen molar-refractivity contribution in [2.45, 2.75) is 38.6 Å². The lowest BCUT2D eigenvalue weighted by molar-refractivity contribution is -0.141. The number of carbonyl (C=O) groups excluding carboxylic acids is 1. The molecule has 2 fully saturated rings. The minimum absolute atomic E-state index is 0.0862. The molecular weight excluding hydrogens is 220 g/mol. The van der Waals surface area contributed by atoms with Gasteiger partial charge in [-0.05, 0) is 31.6 Å². The van der Waals surface area contributed by atoms with Gasteiger partial charge in [-0.25, -0.2) is 4.79 Å². The fourth-order valence-electron chi connectivity index (χ4n) is 2.89. The van der Waals surface area contributed by atoms with Gasteiger partial charge in [0.1, 0.15) is 0 Å². The molecule has 3 unspecified atom stereocenters. The van der Waals surface area contributed by atoms with Gasteiger partial charge < -0.3 is 15.3 Å². The minimum Gasteiger partial charge on any atom is -0.481 e. The number of hydrogen-bond donors (Lipinski definition) is 2. The molecule has 2 N–H and O–H groups in total. The molecule has 1 saturated carbocycles. The molecule has 0 aromatic carbocycles. The first-order valence-electron chi connectivity index (χ1n) is 6.39. The van der Waals surface area contributed by atoms with Gasteiger partial charge in [-0.2, -0.15) is 0 Å².